The maximum absolute atomic E-state index is 11.7. The van der Waals surface area contributed by atoms with Gasteiger partial charge >= 0.3 is 11.9 Å². The Hall–Kier alpha value is -1.39. The topological polar surface area (TPSA) is 69.7 Å². The van der Waals surface area contributed by atoms with E-state index < -0.39 is 0 Å². The van der Waals surface area contributed by atoms with Crippen LogP contribution in [0.2, 0.25) is 0 Å². The highest BCUT2D eigenvalue weighted by molar-refractivity contribution is 5.78. The summed E-state index contributed by atoms with van der Waals surface area (Å²) in [5, 5.41) is 0. The first kappa shape index (κ1) is 20.6. The predicted octanol–water partition coefficient (Wildman–Crippen LogP) is 3.58. The van der Waals surface area contributed by atoms with Crippen molar-refractivity contribution >= 4 is 17.7 Å². The van der Waals surface area contributed by atoms with Gasteiger partial charge in [0.1, 0.15) is 5.78 Å². The molecule has 0 aliphatic rings. The standard InChI is InChI=1S/C17H30O5/c1-21-16(19)13-9-5-3-7-11-15(18)12-8-4-6-10-14-17(20)22-2/h3-14H2,1-2H3. The minimum atomic E-state index is -0.164. The molecular weight excluding hydrogens is 284 g/mol. The van der Waals surface area contributed by atoms with Gasteiger partial charge in [0.2, 0.25) is 0 Å². The lowest BCUT2D eigenvalue weighted by molar-refractivity contribution is -0.141. The van der Waals surface area contributed by atoms with Crippen molar-refractivity contribution in [1.82, 2.24) is 0 Å². The number of hydrogen-bond donors (Lipinski definition) is 0. The molecule has 5 heteroatoms. The van der Waals surface area contributed by atoms with Crippen LogP contribution in [0.25, 0.3) is 0 Å². The maximum atomic E-state index is 11.7. The van der Waals surface area contributed by atoms with Gasteiger partial charge in [0.15, 0.2) is 0 Å². The second kappa shape index (κ2) is 14.5. The van der Waals surface area contributed by atoms with Crippen LogP contribution in [-0.2, 0) is 23.9 Å². The lowest BCUT2D eigenvalue weighted by Gasteiger charge is -2.03. The number of Topliss-reactive ketones (excluding diaryl/α,β-unsaturated/α-hetero) is 1. The van der Waals surface area contributed by atoms with E-state index in [9.17, 15) is 14.4 Å². The zero-order valence-corrected chi connectivity index (χ0v) is 14.0. The number of unbranched alkanes of at least 4 members (excludes halogenated alkanes) is 6. The first-order chi connectivity index (χ1) is 10.6. The third kappa shape index (κ3) is 13.6. The van der Waals surface area contributed by atoms with E-state index >= 15 is 0 Å². The summed E-state index contributed by atoms with van der Waals surface area (Å²) in [6, 6.07) is 0. The van der Waals surface area contributed by atoms with Crippen molar-refractivity contribution in [1.29, 1.82) is 0 Å². The summed E-state index contributed by atoms with van der Waals surface area (Å²) in [5.74, 6) is -0.00696. The van der Waals surface area contributed by atoms with Crippen LogP contribution in [0, 0.1) is 0 Å². The monoisotopic (exact) mass is 314 g/mol. The molecule has 0 aliphatic carbocycles. The molecule has 22 heavy (non-hydrogen) atoms. The number of methoxy groups -OCH3 is 2. The Morgan fingerprint density at radius 3 is 1.18 bits per heavy atom. The summed E-state index contributed by atoms with van der Waals surface area (Å²) < 4.78 is 9.14. The number of carbonyl (C=O) groups is 3. The molecule has 0 radical (unpaired) electrons. The molecular formula is C17H30O5. The van der Waals surface area contributed by atoms with Crippen LogP contribution in [0.5, 0.6) is 0 Å². The fourth-order valence-corrected chi connectivity index (χ4v) is 2.22. The highest BCUT2D eigenvalue weighted by Crippen LogP contribution is 2.10. The van der Waals surface area contributed by atoms with Crippen LogP contribution in [0.3, 0.4) is 0 Å². The summed E-state index contributed by atoms with van der Waals surface area (Å²) in [6.45, 7) is 0. The van der Waals surface area contributed by atoms with Gasteiger partial charge < -0.3 is 9.47 Å². The smallest absolute Gasteiger partial charge is 0.305 e. The van der Waals surface area contributed by atoms with Gasteiger partial charge in [-0.3, -0.25) is 14.4 Å². The maximum Gasteiger partial charge on any atom is 0.305 e. The first-order valence-electron chi connectivity index (χ1n) is 8.25. The van der Waals surface area contributed by atoms with Crippen molar-refractivity contribution in [3.63, 3.8) is 0 Å². The van der Waals surface area contributed by atoms with Gasteiger partial charge in [-0.1, -0.05) is 25.7 Å². The number of esters is 2. The summed E-state index contributed by atoms with van der Waals surface area (Å²) in [7, 11) is 2.80. The molecule has 0 amide bonds. The second-order valence-corrected chi connectivity index (χ2v) is 5.52. The van der Waals surface area contributed by atoms with E-state index in [0.29, 0.717) is 31.5 Å². The van der Waals surface area contributed by atoms with Gasteiger partial charge in [-0.15, -0.1) is 0 Å². The van der Waals surface area contributed by atoms with Gasteiger partial charge in [0, 0.05) is 25.7 Å². The SMILES string of the molecule is COC(=O)CCCCCCC(=O)CCCCCCC(=O)OC. The third-order valence-corrected chi connectivity index (χ3v) is 3.63. The zero-order chi connectivity index (χ0) is 16.6. The molecule has 0 fully saturated rings. The third-order valence-electron chi connectivity index (χ3n) is 3.63. The summed E-state index contributed by atoms with van der Waals surface area (Å²) >= 11 is 0. The fourth-order valence-electron chi connectivity index (χ4n) is 2.22. The van der Waals surface area contributed by atoms with E-state index in [-0.39, 0.29) is 11.9 Å². The quantitative estimate of drug-likeness (QED) is 0.362. The number of ether oxygens (including phenoxy) is 2. The molecule has 5 nitrogen and oxygen atoms in total. The predicted molar refractivity (Wildman–Crippen MR) is 84.4 cm³/mol. The van der Waals surface area contributed by atoms with Crippen LogP contribution in [-0.4, -0.2) is 31.9 Å². The molecule has 0 aromatic heterocycles. The lowest BCUT2D eigenvalue weighted by Crippen LogP contribution is -2.00. The molecule has 0 aromatic carbocycles. The number of rotatable bonds is 14. The average Bonchev–Trinajstić information content (AvgIpc) is 2.53. The molecule has 0 aliphatic heterocycles. The lowest BCUT2D eigenvalue weighted by atomic mass is 10.0. The van der Waals surface area contributed by atoms with E-state index in [2.05, 4.69) is 9.47 Å². The summed E-state index contributed by atoms with van der Waals surface area (Å²) in [5.41, 5.74) is 0. The Morgan fingerprint density at radius 2 is 0.864 bits per heavy atom. The van der Waals surface area contributed by atoms with Crippen LogP contribution < -0.4 is 0 Å². The molecule has 0 heterocycles. The number of ketones is 1. The number of carbonyl (C=O) groups excluding carboxylic acids is 3. The van der Waals surface area contributed by atoms with Gasteiger partial charge in [-0.25, -0.2) is 0 Å². The second-order valence-electron chi connectivity index (χ2n) is 5.52. The van der Waals surface area contributed by atoms with Gasteiger partial charge in [-0.2, -0.15) is 0 Å². The normalized spacial score (nSPS) is 10.3. The van der Waals surface area contributed by atoms with E-state index in [0.717, 1.165) is 51.4 Å². The molecule has 128 valence electrons. The fraction of sp³-hybridized carbons (Fsp3) is 0.824. The first-order valence-corrected chi connectivity index (χ1v) is 8.25. The Balaban J connectivity index is 3.29. The summed E-state index contributed by atoms with van der Waals surface area (Å²) in [4.78, 5) is 33.5. The van der Waals surface area contributed by atoms with Crippen molar-refractivity contribution in [2.75, 3.05) is 14.2 Å². The van der Waals surface area contributed by atoms with E-state index in [1.165, 1.54) is 14.2 Å². The molecule has 0 saturated heterocycles. The molecule has 0 spiro atoms. The summed E-state index contributed by atoms with van der Waals surface area (Å²) in [6.07, 6.45) is 9.61. The minimum Gasteiger partial charge on any atom is -0.469 e. The van der Waals surface area contributed by atoms with Crippen LogP contribution in [0.15, 0.2) is 0 Å². The van der Waals surface area contributed by atoms with Crippen LogP contribution >= 0.6 is 0 Å². The van der Waals surface area contributed by atoms with Crippen LogP contribution in [0.1, 0.15) is 77.0 Å². The minimum absolute atomic E-state index is 0.164. The molecule has 0 rings (SSSR count). The highest BCUT2D eigenvalue weighted by Gasteiger charge is 2.04. The Kier molecular flexibility index (Phi) is 13.6. The van der Waals surface area contributed by atoms with Crippen molar-refractivity contribution < 1.29 is 23.9 Å². The molecule has 0 aromatic rings. The molecule has 0 N–H and O–H groups in total. The largest absolute Gasteiger partial charge is 0.469 e. The Morgan fingerprint density at radius 1 is 0.545 bits per heavy atom. The van der Waals surface area contributed by atoms with E-state index in [1.807, 2.05) is 0 Å². The van der Waals surface area contributed by atoms with Crippen molar-refractivity contribution in [2.24, 2.45) is 0 Å². The van der Waals surface area contributed by atoms with Crippen LogP contribution in [0.4, 0.5) is 0 Å². The number of hydrogen-bond acceptors (Lipinski definition) is 5. The Bertz CT molecular complexity index is 295. The molecule has 0 saturated carbocycles. The van der Waals surface area contributed by atoms with Gasteiger partial charge in [0.05, 0.1) is 14.2 Å². The van der Waals surface area contributed by atoms with Crippen molar-refractivity contribution in [2.45, 2.75) is 77.0 Å². The Labute approximate surface area is 133 Å². The van der Waals surface area contributed by atoms with E-state index in [1.54, 1.807) is 0 Å². The average molecular weight is 314 g/mol. The molecule has 0 bridgehead atoms. The zero-order valence-electron chi connectivity index (χ0n) is 14.0. The van der Waals surface area contributed by atoms with Crippen molar-refractivity contribution in [3.05, 3.63) is 0 Å². The molecule has 0 atom stereocenters. The van der Waals surface area contributed by atoms with Gasteiger partial charge in [-0.05, 0) is 25.7 Å². The van der Waals surface area contributed by atoms with Gasteiger partial charge in [0.25, 0.3) is 0 Å². The van der Waals surface area contributed by atoms with E-state index in [4.69, 9.17) is 0 Å². The highest BCUT2D eigenvalue weighted by atomic mass is 16.5. The van der Waals surface area contributed by atoms with Crippen molar-refractivity contribution in [3.8, 4) is 0 Å². The molecule has 0 unspecified atom stereocenters.